The molecule has 0 bridgehead atoms. The quantitative estimate of drug-likeness (QED) is 0.614. The second-order valence-electron chi connectivity index (χ2n) is 4.13. The maximum atomic E-state index is 13.8. The maximum absolute atomic E-state index is 13.8. The van der Waals surface area contributed by atoms with Gasteiger partial charge in [0.05, 0.1) is 5.56 Å². The van der Waals surface area contributed by atoms with Crippen LogP contribution in [0.15, 0.2) is 24.5 Å². The van der Waals surface area contributed by atoms with E-state index in [9.17, 15) is 9.18 Å². The average Bonchev–Trinajstić information content (AvgIpc) is 3.19. The highest BCUT2D eigenvalue weighted by atomic mass is 19.1. The number of halogens is 1. The standard InChI is InChI=1S/C13H7FN6O3/c14-9-3-2-8(23-12-11(13(21)22)18-20-19-12)5-7(9)1-4-10-15-6-16-17-10/h2-3,5-6H,(H,21,22)(H,15,16,17)(H,18,19,20). The van der Waals surface area contributed by atoms with Crippen LogP contribution in [0.3, 0.4) is 0 Å². The molecule has 0 unspecified atom stereocenters. The summed E-state index contributed by atoms with van der Waals surface area (Å²) in [5.74, 6) is 3.58. The van der Waals surface area contributed by atoms with Gasteiger partial charge in [-0.3, -0.25) is 0 Å². The topological polar surface area (TPSA) is 130 Å². The van der Waals surface area contributed by atoms with E-state index >= 15 is 0 Å². The highest BCUT2D eigenvalue weighted by Crippen LogP contribution is 2.23. The molecule has 0 saturated heterocycles. The number of aromatic carboxylic acids is 1. The first-order chi connectivity index (χ1) is 11.1. The molecule has 0 fully saturated rings. The molecule has 10 heteroatoms. The maximum Gasteiger partial charge on any atom is 0.362 e. The van der Waals surface area contributed by atoms with Gasteiger partial charge >= 0.3 is 5.97 Å². The second-order valence-corrected chi connectivity index (χ2v) is 4.13. The molecular weight excluding hydrogens is 307 g/mol. The second kappa shape index (κ2) is 5.94. The van der Waals surface area contributed by atoms with E-state index in [2.05, 4.69) is 42.4 Å². The summed E-state index contributed by atoms with van der Waals surface area (Å²) in [6.07, 6.45) is 1.35. The molecule has 9 nitrogen and oxygen atoms in total. The van der Waals surface area contributed by atoms with Crippen LogP contribution in [-0.2, 0) is 0 Å². The molecule has 2 heterocycles. The zero-order valence-corrected chi connectivity index (χ0v) is 11.2. The van der Waals surface area contributed by atoms with E-state index in [1.165, 1.54) is 18.5 Å². The number of carboxylic acid groups (broad SMARTS) is 1. The van der Waals surface area contributed by atoms with Crippen molar-refractivity contribution in [1.82, 2.24) is 30.6 Å². The van der Waals surface area contributed by atoms with Crippen molar-refractivity contribution in [3.8, 4) is 23.5 Å². The Morgan fingerprint density at radius 3 is 2.91 bits per heavy atom. The van der Waals surface area contributed by atoms with E-state index in [4.69, 9.17) is 9.84 Å². The van der Waals surface area contributed by atoms with Gasteiger partial charge in [0.2, 0.25) is 11.5 Å². The van der Waals surface area contributed by atoms with Gasteiger partial charge < -0.3 is 14.8 Å². The first-order valence-corrected chi connectivity index (χ1v) is 6.13. The van der Waals surface area contributed by atoms with Crippen LogP contribution in [0.5, 0.6) is 11.6 Å². The minimum absolute atomic E-state index is 0.0447. The number of hydrogen-bond acceptors (Lipinski definition) is 6. The van der Waals surface area contributed by atoms with Gasteiger partial charge in [-0.15, -0.1) is 15.3 Å². The number of carbonyl (C=O) groups is 1. The van der Waals surface area contributed by atoms with Gasteiger partial charge in [-0.2, -0.15) is 0 Å². The third-order valence-electron chi connectivity index (χ3n) is 2.61. The van der Waals surface area contributed by atoms with Crippen molar-refractivity contribution in [2.24, 2.45) is 0 Å². The molecule has 114 valence electrons. The molecule has 0 spiro atoms. The number of benzene rings is 1. The van der Waals surface area contributed by atoms with Crippen LogP contribution in [-0.4, -0.2) is 41.7 Å². The van der Waals surface area contributed by atoms with Crippen LogP contribution in [0.2, 0.25) is 0 Å². The molecule has 0 radical (unpaired) electrons. The molecule has 0 aliphatic heterocycles. The predicted molar refractivity (Wildman–Crippen MR) is 72.2 cm³/mol. The fraction of sp³-hybridized carbons (Fsp3) is 0. The van der Waals surface area contributed by atoms with E-state index < -0.39 is 11.8 Å². The Morgan fingerprint density at radius 2 is 2.17 bits per heavy atom. The Labute approximate surface area is 127 Å². The minimum Gasteiger partial charge on any atom is -0.476 e. The Morgan fingerprint density at radius 1 is 1.30 bits per heavy atom. The number of aromatic amines is 2. The van der Waals surface area contributed by atoms with Crippen LogP contribution in [0, 0.1) is 17.7 Å². The fourth-order valence-electron chi connectivity index (χ4n) is 1.60. The Kier molecular flexibility index (Phi) is 3.67. The molecule has 0 saturated carbocycles. The van der Waals surface area contributed by atoms with Crippen molar-refractivity contribution in [2.75, 3.05) is 0 Å². The number of ether oxygens (including phenoxy) is 1. The van der Waals surface area contributed by atoms with Gasteiger partial charge in [0, 0.05) is 0 Å². The van der Waals surface area contributed by atoms with Crippen molar-refractivity contribution in [2.45, 2.75) is 0 Å². The lowest BCUT2D eigenvalue weighted by Crippen LogP contribution is -2.00. The summed E-state index contributed by atoms with van der Waals surface area (Å²) in [5.41, 5.74) is -0.341. The Hall–Kier alpha value is -3.74. The highest BCUT2D eigenvalue weighted by Gasteiger charge is 2.17. The number of aromatic nitrogens is 6. The lowest BCUT2D eigenvalue weighted by molar-refractivity contribution is 0.0687. The molecular formula is C13H7FN6O3. The number of H-pyrrole nitrogens is 2. The lowest BCUT2D eigenvalue weighted by Gasteiger charge is -2.04. The van der Waals surface area contributed by atoms with Crippen LogP contribution in [0.1, 0.15) is 21.9 Å². The van der Waals surface area contributed by atoms with Gasteiger partial charge in [0.25, 0.3) is 5.88 Å². The fourth-order valence-corrected chi connectivity index (χ4v) is 1.60. The van der Waals surface area contributed by atoms with Crippen LogP contribution in [0.4, 0.5) is 4.39 Å². The lowest BCUT2D eigenvalue weighted by atomic mass is 10.2. The van der Waals surface area contributed by atoms with E-state index in [0.29, 0.717) is 0 Å². The third-order valence-corrected chi connectivity index (χ3v) is 2.61. The number of hydrogen-bond donors (Lipinski definition) is 3. The molecule has 3 N–H and O–H groups in total. The van der Waals surface area contributed by atoms with Gasteiger partial charge in [-0.25, -0.2) is 14.3 Å². The SMILES string of the molecule is O=C(O)c1nn[nH]c1Oc1ccc(F)c(C#Cc2nnc[nH]2)c1. The van der Waals surface area contributed by atoms with Crippen molar-refractivity contribution in [3.05, 3.63) is 47.4 Å². The van der Waals surface area contributed by atoms with Crippen LogP contribution >= 0.6 is 0 Å². The van der Waals surface area contributed by atoms with Gasteiger partial charge in [-0.05, 0) is 24.1 Å². The molecule has 2 aromatic heterocycles. The highest BCUT2D eigenvalue weighted by molar-refractivity contribution is 5.87. The summed E-state index contributed by atoms with van der Waals surface area (Å²) in [7, 11) is 0. The van der Waals surface area contributed by atoms with Crippen molar-refractivity contribution in [1.29, 1.82) is 0 Å². The normalized spacial score (nSPS) is 9.96. The van der Waals surface area contributed by atoms with Gasteiger partial charge in [-0.1, -0.05) is 11.1 Å². The minimum atomic E-state index is -1.30. The summed E-state index contributed by atoms with van der Waals surface area (Å²) in [5, 5.41) is 25.2. The molecule has 0 aliphatic carbocycles. The largest absolute Gasteiger partial charge is 0.476 e. The molecule has 1 aromatic carbocycles. The molecule has 0 amide bonds. The predicted octanol–water partition coefficient (Wildman–Crippen LogP) is 0.952. The molecule has 3 aromatic rings. The summed E-state index contributed by atoms with van der Waals surface area (Å²) >= 11 is 0. The monoisotopic (exact) mass is 314 g/mol. The Bertz CT molecular complexity index is 909. The Balaban J connectivity index is 1.88. The number of rotatable bonds is 3. The summed E-state index contributed by atoms with van der Waals surface area (Å²) in [6.45, 7) is 0. The summed E-state index contributed by atoms with van der Waals surface area (Å²) in [4.78, 5) is 13.6. The number of nitrogens with zero attached hydrogens (tertiary/aromatic N) is 4. The van der Waals surface area contributed by atoms with Crippen molar-refractivity contribution >= 4 is 5.97 Å². The zero-order chi connectivity index (χ0) is 16.2. The average molecular weight is 314 g/mol. The molecule has 23 heavy (non-hydrogen) atoms. The zero-order valence-electron chi connectivity index (χ0n) is 11.2. The first-order valence-electron chi connectivity index (χ1n) is 6.13. The van der Waals surface area contributed by atoms with E-state index in [0.717, 1.165) is 6.07 Å². The molecule has 0 atom stereocenters. The van der Waals surface area contributed by atoms with Gasteiger partial charge in [0.15, 0.2) is 0 Å². The van der Waals surface area contributed by atoms with Crippen molar-refractivity contribution < 1.29 is 19.0 Å². The summed E-state index contributed by atoms with van der Waals surface area (Å²) in [6, 6.07) is 3.77. The first kappa shape index (κ1) is 14.2. The van der Waals surface area contributed by atoms with E-state index in [1.807, 2.05) is 0 Å². The van der Waals surface area contributed by atoms with E-state index in [-0.39, 0.29) is 28.7 Å². The van der Waals surface area contributed by atoms with Crippen LogP contribution in [0.25, 0.3) is 0 Å². The third kappa shape index (κ3) is 3.13. The van der Waals surface area contributed by atoms with E-state index in [1.54, 1.807) is 0 Å². The molecule has 0 aliphatic rings. The van der Waals surface area contributed by atoms with Crippen molar-refractivity contribution in [3.63, 3.8) is 0 Å². The summed E-state index contributed by atoms with van der Waals surface area (Å²) < 4.78 is 19.1. The number of carboxylic acids is 1. The van der Waals surface area contributed by atoms with Crippen LogP contribution < -0.4 is 4.74 Å². The number of nitrogens with one attached hydrogen (secondary N) is 2. The smallest absolute Gasteiger partial charge is 0.362 e. The molecule has 3 rings (SSSR count). The van der Waals surface area contributed by atoms with Gasteiger partial charge in [0.1, 0.15) is 17.9 Å².